The number of carbonyl (C=O) groups is 2. The number of H-pyrrole nitrogens is 1. The van der Waals surface area contributed by atoms with Gasteiger partial charge < -0.3 is 10.4 Å². The molecule has 0 saturated heterocycles. The van der Waals surface area contributed by atoms with Gasteiger partial charge in [-0.25, -0.2) is 4.79 Å². The molecule has 6 heteroatoms. The summed E-state index contributed by atoms with van der Waals surface area (Å²) in [6.45, 7) is 1.98. The van der Waals surface area contributed by atoms with Crippen molar-refractivity contribution in [3.05, 3.63) is 11.8 Å². The molecule has 0 radical (unpaired) electrons. The predicted octanol–water partition coefficient (Wildman–Crippen LogP) is 1.24. The largest absolute Gasteiger partial charge is 0.477 e. The summed E-state index contributed by atoms with van der Waals surface area (Å²) in [6.07, 6.45) is 3.25. The molecule has 1 aromatic rings. The van der Waals surface area contributed by atoms with Crippen LogP contribution in [0.25, 0.3) is 0 Å². The number of amides is 1. The summed E-state index contributed by atoms with van der Waals surface area (Å²) in [5, 5.41) is 17.2. The van der Waals surface area contributed by atoms with Crippen molar-refractivity contribution in [3.63, 3.8) is 0 Å². The molecule has 1 rings (SSSR count). The van der Waals surface area contributed by atoms with E-state index in [1.54, 1.807) is 0 Å². The molecule has 1 aromatic heterocycles. The Morgan fingerprint density at radius 3 is 2.93 bits per heavy atom. The second-order valence-electron chi connectivity index (χ2n) is 3.12. The third-order valence-electron chi connectivity index (χ3n) is 1.89. The van der Waals surface area contributed by atoms with Gasteiger partial charge in [0.15, 0.2) is 0 Å². The standard InChI is InChI=1S/C9H13N3O3/c1-2-3-4-7(13)11-8-6(9(14)15)5-10-12-8/h5H,2-4H2,1H3,(H,14,15)(H2,10,11,12,13). The minimum Gasteiger partial charge on any atom is -0.477 e. The normalized spacial score (nSPS) is 9.93. The smallest absolute Gasteiger partial charge is 0.341 e. The van der Waals surface area contributed by atoms with Gasteiger partial charge in [0.2, 0.25) is 5.91 Å². The first kappa shape index (κ1) is 11.2. The second kappa shape index (κ2) is 5.14. The number of carboxylic acid groups (broad SMARTS) is 1. The maximum Gasteiger partial charge on any atom is 0.341 e. The van der Waals surface area contributed by atoms with Crippen LogP contribution in [-0.4, -0.2) is 27.2 Å². The Morgan fingerprint density at radius 1 is 1.60 bits per heavy atom. The molecule has 6 nitrogen and oxygen atoms in total. The summed E-state index contributed by atoms with van der Waals surface area (Å²) in [7, 11) is 0. The van der Waals surface area contributed by atoms with E-state index in [2.05, 4.69) is 15.5 Å². The first-order valence-corrected chi connectivity index (χ1v) is 4.71. The van der Waals surface area contributed by atoms with Gasteiger partial charge in [-0.15, -0.1) is 0 Å². The average Bonchev–Trinajstić information content (AvgIpc) is 2.62. The molecule has 0 bridgehead atoms. The Labute approximate surface area is 86.7 Å². The van der Waals surface area contributed by atoms with Crippen LogP contribution in [0.3, 0.4) is 0 Å². The number of nitrogens with zero attached hydrogens (tertiary/aromatic N) is 1. The molecule has 15 heavy (non-hydrogen) atoms. The van der Waals surface area contributed by atoms with Crippen molar-refractivity contribution >= 4 is 17.7 Å². The minimum atomic E-state index is -1.12. The zero-order valence-corrected chi connectivity index (χ0v) is 8.41. The van der Waals surface area contributed by atoms with Crippen LogP contribution in [0.5, 0.6) is 0 Å². The predicted molar refractivity (Wildman–Crippen MR) is 53.7 cm³/mol. The Kier molecular flexibility index (Phi) is 3.84. The van der Waals surface area contributed by atoms with Crippen molar-refractivity contribution < 1.29 is 14.7 Å². The van der Waals surface area contributed by atoms with E-state index in [1.807, 2.05) is 6.92 Å². The molecular formula is C9H13N3O3. The number of rotatable bonds is 5. The minimum absolute atomic E-state index is 0.0279. The molecule has 0 aromatic carbocycles. The van der Waals surface area contributed by atoms with Gasteiger partial charge in [0.1, 0.15) is 11.4 Å². The molecule has 0 spiro atoms. The fourth-order valence-electron chi connectivity index (χ4n) is 1.08. The Hall–Kier alpha value is -1.85. The number of anilines is 1. The van der Waals surface area contributed by atoms with Crippen molar-refractivity contribution in [2.75, 3.05) is 5.32 Å². The average molecular weight is 211 g/mol. The molecule has 0 unspecified atom stereocenters. The van der Waals surface area contributed by atoms with E-state index in [4.69, 9.17) is 5.11 Å². The van der Waals surface area contributed by atoms with Crippen LogP contribution < -0.4 is 5.32 Å². The van der Waals surface area contributed by atoms with Gasteiger partial charge in [0, 0.05) is 6.42 Å². The van der Waals surface area contributed by atoms with Crippen LogP contribution >= 0.6 is 0 Å². The number of hydrogen-bond acceptors (Lipinski definition) is 3. The van der Waals surface area contributed by atoms with Gasteiger partial charge >= 0.3 is 5.97 Å². The van der Waals surface area contributed by atoms with E-state index in [9.17, 15) is 9.59 Å². The number of aromatic amines is 1. The van der Waals surface area contributed by atoms with Crippen LogP contribution in [0.4, 0.5) is 5.82 Å². The SMILES string of the molecule is CCCCC(=O)Nc1[nH]ncc1C(=O)O. The Morgan fingerprint density at radius 2 is 2.33 bits per heavy atom. The van der Waals surface area contributed by atoms with Crippen molar-refractivity contribution in [2.24, 2.45) is 0 Å². The van der Waals surface area contributed by atoms with Gasteiger partial charge in [0.25, 0.3) is 0 Å². The van der Waals surface area contributed by atoms with Crippen LogP contribution in [0.2, 0.25) is 0 Å². The van der Waals surface area contributed by atoms with Gasteiger partial charge in [-0.05, 0) is 6.42 Å². The third kappa shape index (κ3) is 3.08. The summed E-state index contributed by atoms with van der Waals surface area (Å²) in [6, 6.07) is 0. The first-order valence-electron chi connectivity index (χ1n) is 4.71. The van der Waals surface area contributed by atoms with E-state index in [1.165, 1.54) is 0 Å². The zero-order valence-electron chi connectivity index (χ0n) is 8.41. The highest BCUT2D eigenvalue weighted by atomic mass is 16.4. The summed E-state index contributed by atoms with van der Waals surface area (Å²) in [5.41, 5.74) is -0.0279. The Balaban J connectivity index is 2.60. The van der Waals surface area contributed by atoms with E-state index >= 15 is 0 Å². The van der Waals surface area contributed by atoms with E-state index in [0.29, 0.717) is 6.42 Å². The monoisotopic (exact) mass is 211 g/mol. The summed E-state index contributed by atoms with van der Waals surface area (Å²) in [5.74, 6) is -1.18. The molecule has 0 aliphatic carbocycles. The molecule has 0 saturated carbocycles. The molecule has 0 aliphatic rings. The fraction of sp³-hybridized carbons (Fsp3) is 0.444. The lowest BCUT2D eigenvalue weighted by molar-refractivity contribution is -0.116. The van der Waals surface area contributed by atoms with E-state index < -0.39 is 5.97 Å². The van der Waals surface area contributed by atoms with E-state index in [0.717, 1.165) is 19.0 Å². The maximum atomic E-state index is 11.3. The third-order valence-corrected chi connectivity index (χ3v) is 1.89. The lowest BCUT2D eigenvalue weighted by atomic mass is 10.2. The number of unbranched alkanes of at least 4 members (excludes halogenated alkanes) is 1. The quantitative estimate of drug-likeness (QED) is 0.682. The lowest BCUT2D eigenvalue weighted by Gasteiger charge is -2.02. The number of nitrogens with one attached hydrogen (secondary N) is 2. The van der Waals surface area contributed by atoms with Gasteiger partial charge in [-0.1, -0.05) is 13.3 Å². The molecule has 0 aliphatic heterocycles. The summed E-state index contributed by atoms with van der Waals surface area (Å²) in [4.78, 5) is 22.0. The van der Waals surface area contributed by atoms with Crippen LogP contribution in [0, 0.1) is 0 Å². The second-order valence-corrected chi connectivity index (χ2v) is 3.12. The highest BCUT2D eigenvalue weighted by molar-refractivity contribution is 5.98. The van der Waals surface area contributed by atoms with Gasteiger partial charge in [0.05, 0.1) is 6.20 Å². The highest BCUT2D eigenvalue weighted by Gasteiger charge is 2.13. The van der Waals surface area contributed by atoms with Crippen molar-refractivity contribution in [3.8, 4) is 0 Å². The number of hydrogen-bond donors (Lipinski definition) is 3. The fourth-order valence-corrected chi connectivity index (χ4v) is 1.08. The van der Waals surface area contributed by atoms with Gasteiger partial charge in [-0.2, -0.15) is 5.10 Å². The van der Waals surface area contributed by atoms with Crippen LogP contribution in [0.15, 0.2) is 6.20 Å². The van der Waals surface area contributed by atoms with Crippen LogP contribution in [-0.2, 0) is 4.79 Å². The Bertz CT molecular complexity index is 359. The summed E-state index contributed by atoms with van der Waals surface area (Å²) >= 11 is 0. The molecule has 1 amide bonds. The number of aromatic carboxylic acids is 1. The molecule has 82 valence electrons. The van der Waals surface area contributed by atoms with Gasteiger partial charge in [-0.3, -0.25) is 9.89 Å². The number of carboxylic acids is 1. The zero-order chi connectivity index (χ0) is 11.3. The molecule has 0 fully saturated rings. The lowest BCUT2D eigenvalue weighted by Crippen LogP contribution is -2.13. The molecular weight excluding hydrogens is 198 g/mol. The molecule has 0 atom stereocenters. The van der Waals surface area contributed by atoms with Crippen molar-refractivity contribution in [1.82, 2.24) is 10.2 Å². The number of carbonyl (C=O) groups excluding carboxylic acids is 1. The molecule has 1 heterocycles. The van der Waals surface area contributed by atoms with Crippen LogP contribution in [0.1, 0.15) is 36.5 Å². The number of aromatic nitrogens is 2. The van der Waals surface area contributed by atoms with Crippen molar-refractivity contribution in [1.29, 1.82) is 0 Å². The van der Waals surface area contributed by atoms with Crippen molar-refractivity contribution in [2.45, 2.75) is 26.2 Å². The summed E-state index contributed by atoms with van der Waals surface area (Å²) < 4.78 is 0. The van der Waals surface area contributed by atoms with E-state index in [-0.39, 0.29) is 17.3 Å². The highest BCUT2D eigenvalue weighted by Crippen LogP contribution is 2.11. The topological polar surface area (TPSA) is 95.1 Å². The first-order chi connectivity index (χ1) is 7.15. The maximum absolute atomic E-state index is 11.3. The molecule has 3 N–H and O–H groups in total.